The van der Waals surface area contributed by atoms with E-state index < -0.39 is 0 Å². The molecule has 0 spiro atoms. The quantitative estimate of drug-likeness (QED) is 0.629. The molecular formula is C20H24N8O2. The summed E-state index contributed by atoms with van der Waals surface area (Å²) in [5.74, 6) is 1.98. The summed E-state index contributed by atoms with van der Waals surface area (Å²) >= 11 is 0. The fraction of sp³-hybridized carbons (Fsp3) is 0.450. The first-order valence-corrected chi connectivity index (χ1v) is 9.90. The van der Waals surface area contributed by atoms with Crippen LogP contribution in [0.1, 0.15) is 42.8 Å². The van der Waals surface area contributed by atoms with Gasteiger partial charge in [0, 0.05) is 19.4 Å². The van der Waals surface area contributed by atoms with Crippen molar-refractivity contribution >= 4 is 17.2 Å². The van der Waals surface area contributed by atoms with Crippen LogP contribution in [0.4, 0.5) is 11.6 Å². The maximum absolute atomic E-state index is 9.35. The van der Waals surface area contributed by atoms with Crippen LogP contribution in [-0.4, -0.2) is 44.4 Å². The van der Waals surface area contributed by atoms with Crippen LogP contribution in [0.15, 0.2) is 18.6 Å². The van der Waals surface area contributed by atoms with E-state index in [-0.39, 0.29) is 17.4 Å². The van der Waals surface area contributed by atoms with Crippen molar-refractivity contribution in [3.05, 3.63) is 35.5 Å². The minimum atomic E-state index is -0.344. The van der Waals surface area contributed by atoms with Crippen LogP contribution in [0.2, 0.25) is 0 Å². The van der Waals surface area contributed by atoms with E-state index in [9.17, 15) is 5.26 Å². The molecule has 1 saturated heterocycles. The Balaban J connectivity index is 1.61. The van der Waals surface area contributed by atoms with E-state index in [0.717, 1.165) is 37.1 Å². The minimum Gasteiger partial charge on any atom is -0.476 e. The monoisotopic (exact) mass is 408 g/mol. The number of aryl methyl sites for hydroxylation is 1. The molecule has 1 aliphatic heterocycles. The summed E-state index contributed by atoms with van der Waals surface area (Å²) in [5, 5.41) is 17.1. The highest BCUT2D eigenvalue weighted by atomic mass is 16.5. The number of hydrogen-bond donors (Lipinski definition) is 2. The van der Waals surface area contributed by atoms with Gasteiger partial charge in [0.15, 0.2) is 5.82 Å². The smallest absolute Gasteiger partial charge is 0.242 e. The fourth-order valence-corrected chi connectivity index (χ4v) is 3.44. The van der Waals surface area contributed by atoms with Gasteiger partial charge in [-0.05, 0) is 44.2 Å². The van der Waals surface area contributed by atoms with Gasteiger partial charge >= 0.3 is 0 Å². The van der Waals surface area contributed by atoms with Crippen molar-refractivity contribution in [2.45, 2.75) is 32.7 Å². The Morgan fingerprint density at radius 3 is 2.97 bits per heavy atom. The molecule has 4 rings (SSSR count). The third-order valence-electron chi connectivity index (χ3n) is 5.22. The second kappa shape index (κ2) is 8.51. The molecule has 0 aromatic carbocycles. The van der Waals surface area contributed by atoms with Crippen LogP contribution in [0.5, 0.6) is 5.88 Å². The van der Waals surface area contributed by atoms with Crippen LogP contribution in [0, 0.1) is 24.2 Å². The Labute approximate surface area is 174 Å². The van der Waals surface area contributed by atoms with Crippen LogP contribution in [0.25, 0.3) is 5.52 Å². The number of anilines is 2. The van der Waals surface area contributed by atoms with Gasteiger partial charge in [-0.1, -0.05) is 0 Å². The average Bonchev–Trinajstić information content (AvgIpc) is 3.14. The van der Waals surface area contributed by atoms with E-state index >= 15 is 0 Å². The number of nitrogens with one attached hydrogen (secondary N) is 1. The first kappa shape index (κ1) is 19.8. The Kier molecular flexibility index (Phi) is 5.63. The SMILES string of the molecule is Cc1ccn2nc([C@H](C)Nc3ncnc(N)c3C#N)nc(OCC3CCOCC3)c12. The van der Waals surface area contributed by atoms with E-state index in [1.807, 2.05) is 32.2 Å². The lowest BCUT2D eigenvalue weighted by Gasteiger charge is -2.22. The van der Waals surface area contributed by atoms with Gasteiger partial charge in [0.25, 0.3) is 0 Å². The molecule has 3 aromatic rings. The molecule has 4 heterocycles. The van der Waals surface area contributed by atoms with Crippen molar-refractivity contribution in [3.63, 3.8) is 0 Å². The number of nitrogens with zero attached hydrogens (tertiary/aromatic N) is 6. The first-order valence-electron chi connectivity index (χ1n) is 9.90. The number of aromatic nitrogens is 5. The van der Waals surface area contributed by atoms with Crippen LogP contribution < -0.4 is 15.8 Å². The minimum absolute atomic E-state index is 0.125. The number of hydrogen-bond acceptors (Lipinski definition) is 9. The van der Waals surface area contributed by atoms with Gasteiger partial charge in [0.1, 0.15) is 35.1 Å². The van der Waals surface area contributed by atoms with Gasteiger partial charge in [-0.25, -0.2) is 14.5 Å². The summed E-state index contributed by atoms with van der Waals surface area (Å²) in [7, 11) is 0. The largest absolute Gasteiger partial charge is 0.476 e. The summed E-state index contributed by atoms with van der Waals surface area (Å²) in [6.45, 7) is 6.02. The normalized spacial score (nSPS) is 15.6. The van der Waals surface area contributed by atoms with E-state index in [2.05, 4.69) is 25.4 Å². The molecule has 0 amide bonds. The van der Waals surface area contributed by atoms with Crippen LogP contribution >= 0.6 is 0 Å². The molecule has 10 heteroatoms. The zero-order valence-corrected chi connectivity index (χ0v) is 17.0. The van der Waals surface area contributed by atoms with Crippen LogP contribution in [0.3, 0.4) is 0 Å². The zero-order chi connectivity index (χ0) is 21.1. The van der Waals surface area contributed by atoms with Gasteiger partial charge in [-0.3, -0.25) is 0 Å². The molecule has 1 atom stereocenters. The van der Waals surface area contributed by atoms with Gasteiger partial charge in [-0.15, -0.1) is 0 Å². The zero-order valence-electron chi connectivity index (χ0n) is 17.0. The third-order valence-corrected chi connectivity index (χ3v) is 5.22. The Hall–Kier alpha value is -3.45. The number of ether oxygens (including phenoxy) is 2. The van der Waals surface area contributed by atoms with Crippen molar-refractivity contribution in [2.75, 3.05) is 30.9 Å². The molecule has 0 aliphatic carbocycles. The van der Waals surface area contributed by atoms with Gasteiger partial charge in [-0.2, -0.15) is 15.3 Å². The van der Waals surface area contributed by atoms with Gasteiger partial charge in [0.05, 0.1) is 12.6 Å². The lowest BCUT2D eigenvalue weighted by molar-refractivity contribution is 0.0491. The summed E-state index contributed by atoms with van der Waals surface area (Å²) < 4.78 is 13.3. The Morgan fingerprint density at radius 2 is 2.20 bits per heavy atom. The highest BCUT2D eigenvalue weighted by Gasteiger charge is 2.20. The molecule has 10 nitrogen and oxygen atoms in total. The number of nitrogen functional groups attached to an aromatic ring is 1. The maximum atomic E-state index is 9.35. The third kappa shape index (κ3) is 3.97. The van der Waals surface area contributed by atoms with Crippen molar-refractivity contribution in [1.29, 1.82) is 5.26 Å². The molecule has 30 heavy (non-hydrogen) atoms. The maximum Gasteiger partial charge on any atom is 0.242 e. The molecule has 1 aliphatic rings. The lowest BCUT2D eigenvalue weighted by Crippen LogP contribution is -2.22. The highest BCUT2D eigenvalue weighted by molar-refractivity contribution is 5.63. The van der Waals surface area contributed by atoms with E-state index in [4.69, 9.17) is 15.2 Å². The van der Waals surface area contributed by atoms with Gasteiger partial charge < -0.3 is 20.5 Å². The summed E-state index contributed by atoms with van der Waals surface area (Å²) in [6.07, 6.45) is 5.16. The molecule has 0 radical (unpaired) electrons. The lowest BCUT2D eigenvalue weighted by atomic mass is 10.0. The summed E-state index contributed by atoms with van der Waals surface area (Å²) in [5.41, 5.74) is 7.86. The molecule has 0 unspecified atom stereocenters. The van der Waals surface area contributed by atoms with Crippen LogP contribution in [-0.2, 0) is 4.74 Å². The molecule has 3 N–H and O–H groups in total. The summed E-state index contributed by atoms with van der Waals surface area (Å²) in [6, 6.07) is 3.66. The van der Waals surface area contributed by atoms with Crippen molar-refractivity contribution < 1.29 is 9.47 Å². The number of nitriles is 1. The summed E-state index contributed by atoms with van der Waals surface area (Å²) in [4.78, 5) is 12.7. The predicted octanol–water partition coefficient (Wildman–Crippen LogP) is 2.26. The average molecular weight is 408 g/mol. The fourth-order valence-electron chi connectivity index (χ4n) is 3.44. The van der Waals surface area contributed by atoms with Gasteiger partial charge in [0.2, 0.25) is 5.88 Å². The topological polar surface area (TPSA) is 136 Å². The number of nitrogens with two attached hydrogens (primary N) is 1. The van der Waals surface area contributed by atoms with Crippen molar-refractivity contribution in [1.82, 2.24) is 24.6 Å². The molecule has 3 aromatic heterocycles. The van der Waals surface area contributed by atoms with Crippen molar-refractivity contribution in [3.8, 4) is 11.9 Å². The molecule has 156 valence electrons. The second-order valence-corrected chi connectivity index (χ2v) is 7.39. The standard InChI is InChI=1S/C20H24N8O2/c1-12-3-6-28-16(12)20(30-10-14-4-7-29-8-5-14)26-18(27-28)13(2)25-19-15(9-21)17(22)23-11-24-19/h3,6,11,13-14H,4-5,7-8,10H2,1-2H3,(H3,22,23,24,25)/t13-/m0/s1. The first-order chi connectivity index (χ1) is 14.6. The Bertz CT molecular complexity index is 1080. The number of fused-ring (bicyclic) bond motifs is 1. The Morgan fingerprint density at radius 1 is 1.40 bits per heavy atom. The second-order valence-electron chi connectivity index (χ2n) is 7.39. The van der Waals surface area contributed by atoms with E-state index in [0.29, 0.717) is 30.0 Å². The molecular weight excluding hydrogens is 384 g/mol. The van der Waals surface area contributed by atoms with Crippen molar-refractivity contribution in [2.24, 2.45) is 5.92 Å². The number of rotatable bonds is 6. The molecule has 0 bridgehead atoms. The van der Waals surface area contributed by atoms with E-state index in [1.54, 1.807) is 4.52 Å². The molecule has 1 fully saturated rings. The predicted molar refractivity (Wildman–Crippen MR) is 110 cm³/mol. The molecule has 0 saturated carbocycles. The van der Waals surface area contributed by atoms with E-state index in [1.165, 1.54) is 6.33 Å². The highest BCUT2D eigenvalue weighted by Crippen LogP contribution is 2.27.